The van der Waals surface area contributed by atoms with Crippen molar-refractivity contribution in [3.8, 4) is 0 Å². The Bertz CT molecular complexity index is 152. The van der Waals surface area contributed by atoms with Gasteiger partial charge in [0.1, 0.15) is 0 Å². The van der Waals surface area contributed by atoms with Crippen LogP contribution in [0, 0.1) is 0 Å². The second kappa shape index (κ2) is 15.0. The molecular weight excluding hydrogens is 227 g/mol. The number of rotatable bonds is 14. The van der Waals surface area contributed by atoms with E-state index in [-0.39, 0.29) is 0 Å². The minimum absolute atomic E-state index is 0.497. The zero-order valence-electron chi connectivity index (χ0n) is 12.6. The maximum atomic E-state index is 5.37. The van der Waals surface area contributed by atoms with Crippen molar-refractivity contribution in [3.05, 3.63) is 0 Å². The van der Waals surface area contributed by atoms with E-state index in [1.807, 2.05) is 0 Å². The van der Waals surface area contributed by atoms with Gasteiger partial charge in [0.15, 0.2) is 0 Å². The summed E-state index contributed by atoms with van der Waals surface area (Å²) < 4.78 is 15.3. The van der Waals surface area contributed by atoms with Gasteiger partial charge in [-0.25, -0.2) is 0 Å². The SMILES string of the molecule is CCCCCCCCCCCCOB(OC)OC. The van der Waals surface area contributed by atoms with Gasteiger partial charge < -0.3 is 14.0 Å². The minimum Gasteiger partial charge on any atom is -0.389 e. The average molecular weight is 258 g/mol. The van der Waals surface area contributed by atoms with E-state index >= 15 is 0 Å². The quantitative estimate of drug-likeness (QED) is 0.345. The second-order valence-corrected chi connectivity index (χ2v) is 4.81. The van der Waals surface area contributed by atoms with Gasteiger partial charge in [-0.15, -0.1) is 0 Å². The predicted molar refractivity (Wildman–Crippen MR) is 77.6 cm³/mol. The van der Waals surface area contributed by atoms with Gasteiger partial charge in [-0.3, -0.25) is 0 Å². The van der Waals surface area contributed by atoms with Gasteiger partial charge in [0, 0.05) is 20.8 Å². The zero-order valence-corrected chi connectivity index (χ0v) is 12.6. The van der Waals surface area contributed by atoms with Crippen molar-refractivity contribution >= 4 is 7.32 Å². The van der Waals surface area contributed by atoms with E-state index in [1.54, 1.807) is 14.2 Å². The third-order valence-electron chi connectivity index (χ3n) is 3.14. The Labute approximate surface area is 114 Å². The van der Waals surface area contributed by atoms with Crippen molar-refractivity contribution in [1.29, 1.82) is 0 Å². The van der Waals surface area contributed by atoms with E-state index in [0.29, 0.717) is 0 Å². The molecule has 0 unspecified atom stereocenters. The molecular formula is C14H31BO3. The predicted octanol–water partition coefficient (Wildman–Crippen LogP) is 4.20. The molecule has 0 rings (SSSR count). The van der Waals surface area contributed by atoms with Gasteiger partial charge in [-0.05, 0) is 6.42 Å². The summed E-state index contributed by atoms with van der Waals surface area (Å²) in [6, 6.07) is 0. The largest absolute Gasteiger partial charge is 0.639 e. The van der Waals surface area contributed by atoms with Crippen LogP contribution in [0.1, 0.15) is 71.1 Å². The molecule has 0 spiro atoms. The summed E-state index contributed by atoms with van der Waals surface area (Å²) in [6.07, 6.45) is 13.4. The molecule has 18 heavy (non-hydrogen) atoms. The van der Waals surface area contributed by atoms with Crippen molar-refractivity contribution in [2.24, 2.45) is 0 Å². The lowest BCUT2D eigenvalue weighted by molar-refractivity contribution is 0.133. The van der Waals surface area contributed by atoms with Crippen molar-refractivity contribution in [1.82, 2.24) is 0 Å². The first kappa shape index (κ1) is 17.9. The molecule has 0 aromatic rings. The molecule has 3 nitrogen and oxygen atoms in total. The van der Waals surface area contributed by atoms with E-state index < -0.39 is 7.32 Å². The molecule has 0 aromatic carbocycles. The van der Waals surface area contributed by atoms with Crippen LogP contribution in [0.3, 0.4) is 0 Å². The van der Waals surface area contributed by atoms with E-state index in [4.69, 9.17) is 14.0 Å². The van der Waals surface area contributed by atoms with Crippen LogP contribution in [-0.2, 0) is 14.0 Å². The first-order valence-corrected chi connectivity index (χ1v) is 7.52. The van der Waals surface area contributed by atoms with Crippen LogP contribution in [0.15, 0.2) is 0 Å². The molecule has 0 aromatic heterocycles. The number of hydrogen-bond donors (Lipinski definition) is 0. The Morgan fingerprint density at radius 3 is 1.56 bits per heavy atom. The van der Waals surface area contributed by atoms with Gasteiger partial charge in [0.05, 0.1) is 0 Å². The molecule has 0 fully saturated rings. The van der Waals surface area contributed by atoms with Crippen molar-refractivity contribution in [3.63, 3.8) is 0 Å². The normalized spacial score (nSPS) is 10.8. The monoisotopic (exact) mass is 258 g/mol. The standard InChI is InChI=1S/C14H31BO3/c1-4-5-6-7-8-9-10-11-12-13-14-18-15(16-2)17-3/h4-14H2,1-3H3. The Kier molecular flexibility index (Phi) is 15.0. The van der Waals surface area contributed by atoms with E-state index in [9.17, 15) is 0 Å². The van der Waals surface area contributed by atoms with Crippen LogP contribution in [-0.4, -0.2) is 28.1 Å². The third-order valence-corrected chi connectivity index (χ3v) is 3.14. The summed E-state index contributed by atoms with van der Waals surface area (Å²) in [7, 11) is 2.68. The summed E-state index contributed by atoms with van der Waals surface area (Å²) in [6.45, 7) is 2.99. The zero-order chi connectivity index (χ0) is 13.5. The minimum atomic E-state index is -0.497. The van der Waals surface area contributed by atoms with Gasteiger partial charge in [-0.2, -0.15) is 0 Å². The summed E-state index contributed by atoms with van der Waals surface area (Å²) >= 11 is 0. The maximum Gasteiger partial charge on any atom is 0.639 e. The Hall–Kier alpha value is -0.0551. The van der Waals surface area contributed by atoms with Gasteiger partial charge in [-0.1, -0.05) is 64.7 Å². The van der Waals surface area contributed by atoms with E-state index in [0.717, 1.165) is 13.0 Å². The second-order valence-electron chi connectivity index (χ2n) is 4.81. The molecule has 0 aliphatic carbocycles. The molecule has 0 atom stereocenters. The fraction of sp³-hybridized carbons (Fsp3) is 1.00. The molecule has 0 heterocycles. The number of unbranched alkanes of at least 4 members (excludes halogenated alkanes) is 9. The van der Waals surface area contributed by atoms with Gasteiger partial charge in [0.2, 0.25) is 0 Å². The highest BCUT2D eigenvalue weighted by Crippen LogP contribution is 2.10. The molecule has 108 valence electrons. The molecule has 0 aliphatic heterocycles. The molecule has 0 aliphatic rings. The van der Waals surface area contributed by atoms with E-state index in [1.165, 1.54) is 57.8 Å². The van der Waals surface area contributed by atoms with Crippen LogP contribution < -0.4 is 0 Å². The highest BCUT2D eigenvalue weighted by molar-refractivity contribution is 6.36. The molecule has 0 saturated heterocycles. The molecule has 0 bridgehead atoms. The Morgan fingerprint density at radius 2 is 1.11 bits per heavy atom. The smallest absolute Gasteiger partial charge is 0.389 e. The topological polar surface area (TPSA) is 27.7 Å². The van der Waals surface area contributed by atoms with Crippen molar-refractivity contribution < 1.29 is 14.0 Å². The van der Waals surface area contributed by atoms with Crippen LogP contribution in [0.25, 0.3) is 0 Å². The van der Waals surface area contributed by atoms with Crippen molar-refractivity contribution in [2.75, 3.05) is 20.8 Å². The summed E-state index contributed by atoms with van der Waals surface area (Å²) in [5.41, 5.74) is 0. The highest BCUT2D eigenvalue weighted by Gasteiger charge is 2.15. The van der Waals surface area contributed by atoms with Gasteiger partial charge >= 0.3 is 7.32 Å². The molecule has 0 saturated carbocycles. The number of hydrogen-bond acceptors (Lipinski definition) is 3. The highest BCUT2D eigenvalue weighted by atomic mass is 16.7. The summed E-state index contributed by atoms with van der Waals surface area (Å²) in [4.78, 5) is 0. The Morgan fingerprint density at radius 1 is 0.667 bits per heavy atom. The molecule has 0 radical (unpaired) electrons. The molecule has 0 N–H and O–H groups in total. The molecule has 0 amide bonds. The molecule has 4 heteroatoms. The van der Waals surface area contributed by atoms with E-state index in [2.05, 4.69) is 6.92 Å². The first-order chi connectivity index (χ1) is 8.85. The summed E-state index contributed by atoms with van der Waals surface area (Å²) in [5.74, 6) is 0. The first-order valence-electron chi connectivity index (χ1n) is 7.52. The summed E-state index contributed by atoms with van der Waals surface area (Å²) in [5, 5.41) is 0. The van der Waals surface area contributed by atoms with Crippen LogP contribution in [0.4, 0.5) is 0 Å². The van der Waals surface area contributed by atoms with Crippen LogP contribution >= 0.6 is 0 Å². The average Bonchev–Trinajstić information content (AvgIpc) is 2.40. The van der Waals surface area contributed by atoms with Crippen LogP contribution in [0.2, 0.25) is 0 Å². The van der Waals surface area contributed by atoms with Crippen LogP contribution in [0.5, 0.6) is 0 Å². The lowest BCUT2D eigenvalue weighted by atomic mass is 10.1. The van der Waals surface area contributed by atoms with Crippen molar-refractivity contribution in [2.45, 2.75) is 71.1 Å². The third kappa shape index (κ3) is 12.4. The Balaban J connectivity index is 3.03. The van der Waals surface area contributed by atoms with Gasteiger partial charge in [0.25, 0.3) is 0 Å². The maximum absolute atomic E-state index is 5.37. The fourth-order valence-electron chi connectivity index (χ4n) is 2.00. The lowest BCUT2D eigenvalue weighted by Crippen LogP contribution is -2.24. The fourth-order valence-corrected chi connectivity index (χ4v) is 2.00. The lowest BCUT2D eigenvalue weighted by Gasteiger charge is -2.08.